The number of aromatic hydroxyl groups is 1. The molecule has 206 valence electrons. The van der Waals surface area contributed by atoms with Crippen LogP contribution in [0.3, 0.4) is 0 Å². The maximum Gasteiger partial charge on any atom is 0.326 e. The van der Waals surface area contributed by atoms with Crippen LogP contribution in [0.5, 0.6) is 5.75 Å². The van der Waals surface area contributed by atoms with E-state index in [1.807, 2.05) is 6.92 Å². The number of carboxylic acids is 1. The molecule has 12 nitrogen and oxygen atoms in total. The number of rotatable bonds is 15. The lowest BCUT2D eigenvalue weighted by Gasteiger charge is -2.28. The van der Waals surface area contributed by atoms with E-state index in [0.717, 1.165) is 0 Å². The maximum atomic E-state index is 13.3. The molecule has 0 aliphatic carbocycles. The van der Waals surface area contributed by atoms with Crippen LogP contribution >= 0.6 is 0 Å². The second-order valence-electron chi connectivity index (χ2n) is 9.29. The van der Waals surface area contributed by atoms with Gasteiger partial charge in [0.25, 0.3) is 0 Å². The fraction of sp³-hybridized carbons (Fsp3) is 0.560. The molecule has 0 aliphatic heterocycles. The molecule has 1 rings (SSSR count). The normalized spacial score (nSPS) is 15.8. The van der Waals surface area contributed by atoms with Gasteiger partial charge in [0, 0.05) is 6.42 Å². The number of amides is 4. The zero-order valence-corrected chi connectivity index (χ0v) is 21.7. The highest BCUT2D eigenvalue weighted by molar-refractivity contribution is 5.95. The van der Waals surface area contributed by atoms with Crippen molar-refractivity contribution in [1.29, 1.82) is 0 Å². The number of hydrogen-bond acceptors (Lipinski definition) is 7. The molecule has 0 radical (unpaired) electrons. The number of carbonyl (C=O) groups excluding carboxylic acids is 4. The molecule has 0 bridgehead atoms. The topological polar surface area (TPSA) is 214 Å². The highest BCUT2D eigenvalue weighted by Gasteiger charge is 2.33. The maximum absolute atomic E-state index is 13.3. The number of hydrogen-bond donors (Lipinski definition) is 7. The molecule has 0 saturated heterocycles. The fourth-order valence-electron chi connectivity index (χ4n) is 3.55. The summed E-state index contributed by atoms with van der Waals surface area (Å²) >= 11 is 0. The van der Waals surface area contributed by atoms with Crippen molar-refractivity contribution in [2.45, 2.75) is 77.5 Å². The molecular weight excluding hydrogens is 482 g/mol. The predicted molar refractivity (Wildman–Crippen MR) is 136 cm³/mol. The van der Waals surface area contributed by atoms with Gasteiger partial charge in [-0.3, -0.25) is 19.2 Å². The quantitative estimate of drug-likeness (QED) is 0.163. The third kappa shape index (κ3) is 10.1. The van der Waals surface area contributed by atoms with Gasteiger partial charge in [-0.05, 0) is 29.5 Å². The van der Waals surface area contributed by atoms with Gasteiger partial charge in [0.2, 0.25) is 23.6 Å². The molecule has 0 aliphatic rings. The summed E-state index contributed by atoms with van der Waals surface area (Å²) in [5.74, 6) is -4.83. The molecule has 0 spiro atoms. The van der Waals surface area contributed by atoms with Gasteiger partial charge in [-0.1, -0.05) is 52.7 Å². The van der Waals surface area contributed by atoms with Crippen molar-refractivity contribution >= 4 is 29.6 Å². The summed E-state index contributed by atoms with van der Waals surface area (Å²) in [5, 5.41) is 26.8. The van der Waals surface area contributed by atoms with Crippen LogP contribution in [-0.4, -0.2) is 64.0 Å². The number of primary amides is 1. The number of nitrogens with one attached hydrogen (secondary N) is 3. The van der Waals surface area contributed by atoms with Crippen LogP contribution in [0, 0.1) is 11.8 Å². The number of carboxylic acid groups (broad SMARTS) is 1. The predicted octanol–water partition coefficient (Wildman–Crippen LogP) is -0.231. The lowest BCUT2D eigenvalue weighted by molar-refractivity contribution is -0.143. The van der Waals surface area contributed by atoms with E-state index in [4.69, 9.17) is 11.5 Å². The third-order valence-corrected chi connectivity index (χ3v) is 6.34. The summed E-state index contributed by atoms with van der Waals surface area (Å²) in [6, 6.07) is 1.29. The zero-order valence-electron chi connectivity index (χ0n) is 21.7. The molecule has 0 fully saturated rings. The average Bonchev–Trinajstić information content (AvgIpc) is 2.84. The van der Waals surface area contributed by atoms with Gasteiger partial charge in [-0.2, -0.15) is 0 Å². The van der Waals surface area contributed by atoms with E-state index in [2.05, 4.69) is 16.0 Å². The number of phenols is 1. The summed E-state index contributed by atoms with van der Waals surface area (Å²) in [6.07, 6.45) is 0.582. The van der Waals surface area contributed by atoms with Gasteiger partial charge in [-0.25, -0.2) is 4.79 Å². The van der Waals surface area contributed by atoms with Gasteiger partial charge < -0.3 is 37.6 Å². The highest BCUT2D eigenvalue weighted by atomic mass is 16.4. The summed E-state index contributed by atoms with van der Waals surface area (Å²) in [6.45, 7) is 7.02. The Kier molecular flexibility index (Phi) is 12.5. The summed E-state index contributed by atoms with van der Waals surface area (Å²) < 4.78 is 0. The molecule has 9 N–H and O–H groups in total. The van der Waals surface area contributed by atoms with Crippen molar-refractivity contribution in [2.24, 2.45) is 23.3 Å². The number of phenolic OH excluding ortho intramolecular Hbond substituents is 1. The molecule has 0 heterocycles. The number of benzene rings is 1. The van der Waals surface area contributed by atoms with Gasteiger partial charge in [0.1, 0.15) is 23.9 Å². The van der Waals surface area contributed by atoms with Crippen LogP contribution < -0.4 is 27.4 Å². The molecule has 1 aromatic carbocycles. The number of aliphatic carboxylic acids is 1. The van der Waals surface area contributed by atoms with Crippen molar-refractivity contribution in [3.63, 3.8) is 0 Å². The Morgan fingerprint density at radius 3 is 1.84 bits per heavy atom. The van der Waals surface area contributed by atoms with Crippen molar-refractivity contribution in [2.75, 3.05) is 0 Å². The van der Waals surface area contributed by atoms with E-state index in [1.54, 1.807) is 32.9 Å². The van der Waals surface area contributed by atoms with E-state index < -0.39 is 60.2 Å². The van der Waals surface area contributed by atoms with Crippen LogP contribution in [0.2, 0.25) is 0 Å². The van der Waals surface area contributed by atoms with Crippen LogP contribution in [0.1, 0.15) is 52.5 Å². The Balaban J connectivity index is 3.21. The standard InChI is InChI=1S/C25H39N5O7/c1-5-13(3)20(29-22(33)17(26)12-19(27)32)24(35)28-18(11-15-7-9-16(31)10-8-15)23(34)30-21(25(36)37)14(4)6-2/h7-10,13-14,17-18,20-21,31H,5-6,11-12,26H2,1-4H3,(H2,27,32)(H,28,35)(H,29,33)(H,30,34)(H,36,37). The first-order valence-electron chi connectivity index (χ1n) is 12.3. The first-order valence-corrected chi connectivity index (χ1v) is 12.3. The second-order valence-corrected chi connectivity index (χ2v) is 9.29. The number of carbonyl (C=O) groups is 5. The van der Waals surface area contributed by atoms with E-state index in [-0.39, 0.29) is 24.0 Å². The monoisotopic (exact) mass is 521 g/mol. The minimum absolute atomic E-state index is 0.00688. The van der Waals surface area contributed by atoms with Gasteiger partial charge in [-0.15, -0.1) is 0 Å². The Bertz CT molecular complexity index is 953. The molecule has 6 atom stereocenters. The smallest absolute Gasteiger partial charge is 0.326 e. The summed E-state index contributed by atoms with van der Waals surface area (Å²) in [5.41, 5.74) is 11.4. The van der Waals surface area contributed by atoms with Crippen LogP contribution in [0.25, 0.3) is 0 Å². The Morgan fingerprint density at radius 1 is 0.838 bits per heavy atom. The molecule has 1 aromatic rings. The SMILES string of the molecule is CCC(C)C(NC(=O)C(Cc1ccc(O)cc1)NC(=O)C(NC(=O)C(N)CC(N)=O)C(C)CC)C(=O)O. The molecular formula is C25H39N5O7. The molecule has 6 unspecified atom stereocenters. The Morgan fingerprint density at radius 2 is 1.35 bits per heavy atom. The third-order valence-electron chi connectivity index (χ3n) is 6.34. The van der Waals surface area contributed by atoms with E-state index in [1.165, 1.54) is 12.1 Å². The highest BCUT2D eigenvalue weighted by Crippen LogP contribution is 2.14. The van der Waals surface area contributed by atoms with Crippen LogP contribution in [0.15, 0.2) is 24.3 Å². The lowest BCUT2D eigenvalue weighted by atomic mass is 9.96. The van der Waals surface area contributed by atoms with Gasteiger partial charge >= 0.3 is 5.97 Å². The average molecular weight is 522 g/mol. The molecule has 37 heavy (non-hydrogen) atoms. The molecule has 0 saturated carbocycles. The zero-order chi connectivity index (χ0) is 28.3. The van der Waals surface area contributed by atoms with E-state index >= 15 is 0 Å². The van der Waals surface area contributed by atoms with Crippen molar-refractivity contribution in [1.82, 2.24) is 16.0 Å². The van der Waals surface area contributed by atoms with Crippen LogP contribution in [0.4, 0.5) is 0 Å². The lowest BCUT2D eigenvalue weighted by Crippen LogP contribution is -2.59. The summed E-state index contributed by atoms with van der Waals surface area (Å²) in [4.78, 5) is 61.9. The minimum atomic E-state index is -1.25. The molecule has 4 amide bonds. The van der Waals surface area contributed by atoms with Crippen molar-refractivity contribution in [3.05, 3.63) is 29.8 Å². The number of nitrogens with two attached hydrogens (primary N) is 2. The van der Waals surface area contributed by atoms with E-state index in [0.29, 0.717) is 18.4 Å². The second kappa shape index (κ2) is 14.8. The first-order chi connectivity index (χ1) is 17.3. The fourth-order valence-corrected chi connectivity index (χ4v) is 3.55. The van der Waals surface area contributed by atoms with Crippen molar-refractivity contribution < 1.29 is 34.2 Å². The minimum Gasteiger partial charge on any atom is -0.508 e. The van der Waals surface area contributed by atoms with Crippen molar-refractivity contribution in [3.8, 4) is 5.75 Å². The Hall–Kier alpha value is -3.67. The van der Waals surface area contributed by atoms with Crippen LogP contribution in [-0.2, 0) is 30.4 Å². The Labute approximate surface area is 216 Å². The van der Waals surface area contributed by atoms with Gasteiger partial charge in [0.15, 0.2) is 0 Å². The molecule has 0 aromatic heterocycles. The first kappa shape index (κ1) is 31.4. The summed E-state index contributed by atoms with van der Waals surface area (Å²) in [7, 11) is 0. The molecule has 12 heteroatoms. The van der Waals surface area contributed by atoms with Gasteiger partial charge in [0.05, 0.1) is 12.5 Å². The largest absolute Gasteiger partial charge is 0.508 e. The van der Waals surface area contributed by atoms with E-state index in [9.17, 15) is 34.2 Å².